The van der Waals surface area contributed by atoms with Crippen molar-refractivity contribution < 1.29 is 0 Å². The van der Waals surface area contributed by atoms with E-state index >= 15 is 0 Å². The number of rotatable bonds is 5. The van der Waals surface area contributed by atoms with Gasteiger partial charge in [0.05, 0.1) is 16.7 Å². The Hall–Kier alpha value is -7.17. The fourth-order valence-corrected chi connectivity index (χ4v) is 8.93. The summed E-state index contributed by atoms with van der Waals surface area (Å²) in [5, 5.41) is 4.74. The van der Waals surface area contributed by atoms with Gasteiger partial charge in [-0.2, -0.15) is 0 Å². The van der Waals surface area contributed by atoms with E-state index in [2.05, 4.69) is 164 Å². The van der Waals surface area contributed by atoms with Gasteiger partial charge in [0, 0.05) is 38.3 Å². The summed E-state index contributed by atoms with van der Waals surface area (Å²) in [7, 11) is 0. The van der Waals surface area contributed by atoms with Gasteiger partial charge in [-0.05, 0) is 75.2 Å². The topological polar surface area (TPSA) is 43.6 Å². The molecule has 0 saturated heterocycles. The van der Waals surface area contributed by atoms with Crippen LogP contribution >= 0.6 is 0 Å². The van der Waals surface area contributed by atoms with E-state index in [1.807, 2.05) is 36.4 Å². The minimum Gasteiger partial charge on any atom is -0.309 e. The highest BCUT2D eigenvalue weighted by molar-refractivity contribution is 6.13. The van der Waals surface area contributed by atoms with E-state index in [1.165, 1.54) is 49.5 Å². The Balaban J connectivity index is 1.18. The predicted molar refractivity (Wildman–Crippen MR) is 231 cm³/mol. The largest absolute Gasteiger partial charge is 0.309 e. The number of nitrogens with zero attached hydrogens (tertiary/aromatic N) is 4. The van der Waals surface area contributed by atoms with E-state index in [4.69, 9.17) is 15.0 Å². The van der Waals surface area contributed by atoms with E-state index in [1.54, 1.807) is 0 Å². The maximum Gasteiger partial charge on any atom is 0.164 e. The van der Waals surface area contributed by atoms with Gasteiger partial charge in [-0.15, -0.1) is 0 Å². The maximum absolute atomic E-state index is 5.10. The van der Waals surface area contributed by atoms with Crippen molar-refractivity contribution in [2.45, 2.75) is 19.3 Å². The molecule has 1 aliphatic carbocycles. The molecule has 2 aromatic heterocycles. The summed E-state index contributed by atoms with van der Waals surface area (Å²) in [6.45, 7) is 4.69. The molecule has 4 heteroatoms. The molecule has 8 aromatic carbocycles. The van der Waals surface area contributed by atoms with Crippen LogP contribution in [0.25, 0.3) is 94.7 Å². The first-order valence-electron chi connectivity index (χ1n) is 19.2. The molecule has 56 heavy (non-hydrogen) atoms. The van der Waals surface area contributed by atoms with Crippen LogP contribution < -0.4 is 0 Å². The van der Waals surface area contributed by atoms with E-state index in [0.29, 0.717) is 17.5 Å². The fraction of sp³-hybridized carbons (Fsp3) is 0.0577. The van der Waals surface area contributed by atoms with Gasteiger partial charge in [-0.25, -0.2) is 15.0 Å². The van der Waals surface area contributed by atoms with Crippen molar-refractivity contribution in [3.8, 4) is 62.1 Å². The quantitative estimate of drug-likeness (QED) is 0.178. The molecule has 0 amide bonds. The molecule has 0 unspecified atom stereocenters. The molecular formula is C52H36N4. The Bertz CT molecular complexity index is 3100. The van der Waals surface area contributed by atoms with Crippen molar-refractivity contribution in [3.05, 3.63) is 193 Å². The summed E-state index contributed by atoms with van der Waals surface area (Å²) in [5.74, 6) is 1.94. The summed E-state index contributed by atoms with van der Waals surface area (Å²) < 4.78 is 2.42. The molecular weight excluding hydrogens is 681 g/mol. The van der Waals surface area contributed by atoms with Crippen molar-refractivity contribution in [2.75, 3.05) is 0 Å². The average Bonchev–Trinajstić information content (AvgIpc) is 3.71. The maximum atomic E-state index is 5.10. The van der Waals surface area contributed by atoms with Crippen LogP contribution in [0.2, 0.25) is 0 Å². The third-order valence-corrected chi connectivity index (χ3v) is 11.6. The number of benzene rings is 8. The Kier molecular flexibility index (Phi) is 7.17. The molecule has 0 spiro atoms. The molecule has 0 aliphatic heterocycles. The van der Waals surface area contributed by atoms with Crippen molar-refractivity contribution >= 4 is 32.6 Å². The monoisotopic (exact) mass is 716 g/mol. The zero-order chi connectivity index (χ0) is 37.4. The first kappa shape index (κ1) is 32.3. The number of hydrogen-bond donors (Lipinski definition) is 0. The molecule has 2 heterocycles. The highest BCUT2D eigenvalue weighted by Crippen LogP contribution is 2.52. The molecule has 0 N–H and O–H groups in total. The second-order valence-electron chi connectivity index (χ2n) is 15.2. The lowest BCUT2D eigenvalue weighted by Crippen LogP contribution is -2.14. The fourth-order valence-electron chi connectivity index (χ4n) is 8.93. The molecule has 264 valence electrons. The van der Waals surface area contributed by atoms with Gasteiger partial charge in [0.1, 0.15) is 0 Å². The summed E-state index contributed by atoms with van der Waals surface area (Å²) in [6, 6.07) is 64.9. The molecule has 11 rings (SSSR count). The molecule has 10 aromatic rings. The average molecular weight is 717 g/mol. The molecule has 0 bridgehead atoms. The lowest BCUT2D eigenvalue weighted by Gasteiger charge is -2.21. The van der Waals surface area contributed by atoms with Crippen molar-refractivity contribution in [3.63, 3.8) is 0 Å². The van der Waals surface area contributed by atoms with E-state index in [0.717, 1.165) is 38.8 Å². The van der Waals surface area contributed by atoms with Crippen LogP contribution in [0.5, 0.6) is 0 Å². The Morgan fingerprint density at radius 1 is 0.393 bits per heavy atom. The number of fused-ring (bicyclic) bond motifs is 7. The molecule has 0 saturated carbocycles. The normalized spacial score (nSPS) is 13.0. The molecule has 4 nitrogen and oxygen atoms in total. The number of hydrogen-bond acceptors (Lipinski definition) is 3. The molecule has 1 aliphatic rings. The standard InChI is InChI=1S/C52H36N4/c1-52(2)43-24-12-11-22-40(43)48-39(23-14-25-44(48)52)36-27-29-46-41(31-36)42-32-37(28-30-47(42)56(46)45-26-13-20-33-15-9-10-21-38(33)45)51-54-49(34-16-5-3-6-17-34)53-50(55-51)35-18-7-4-8-19-35/h3-32H,1-2H3. The Morgan fingerprint density at radius 2 is 0.911 bits per heavy atom. The van der Waals surface area contributed by atoms with Crippen molar-refractivity contribution in [2.24, 2.45) is 0 Å². The molecule has 0 atom stereocenters. The summed E-state index contributed by atoms with van der Waals surface area (Å²) >= 11 is 0. The first-order valence-corrected chi connectivity index (χ1v) is 19.2. The lowest BCUT2D eigenvalue weighted by molar-refractivity contribution is 0.660. The second-order valence-corrected chi connectivity index (χ2v) is 15.2. The van der Waals surface area contributed by atoms with Crippen LogP contribution in [0.1, 0.15) is 25.0 Å². The van der Waals surface area contributed by atoms with E-state index < -0.39 is 0 Å². The van der Waals surface area contributed by atoms with Crippen LogP contribution in [-0.2, 0) is 5.41 Å². The van der Waals surface area contributed by atoms with E-state index in [-0.39, 0.29) is 5.41 Å². The minimum atomic E-state index is -0.0763. The summed E-state index contributed by atoms with van der Waals surface area (Å²) in [4.78, 5) is 15.2. The van der Waals surface area contributed by atoms with Gasteiger partial charge in [-0.3, -0.25) is 0 Å². The summed E-state index contributed by atoms with van der Waals surface area (Å²) in [5.41, 5.74) is 14.0. The third kappa shape index (κ3) is 4.96. The van der Waals surface area contributed by atoms with Crippen LogP contribution in [0, 0.1) is 0 Å². The van der Waals surface area contributed by atoms with Crippen molar-refractivity contribution in [1.82, 2.24) is 19.5 Å². The zero-order valence-corrected chi connectivity index (χ0v) is 31.1. The van der Waals surface area contributed by atoms with Gasteiger partial charge in [-0.1, -0.05) is 159 Å². The van der Waals surface area contributed by atoms with Crippen molar-refractivity contribution in [1.29, 1.82) is 0 Å². The van der Waals surface area contributed by atoms with Gasteiger partial charge in [0.15, 0.2) is 17.5 Å². The highest BCUT2D eigenvalue weighted by atomic mass is 15.0. The highest BCUT2D eigenvalue weighted by Gasteiger charge is 2.36. The SMILES string of the molecule is CC1(C)c2ccccc2-c2c(-c3ccc4c(c3)c3cc(-c5nc(-c6ccccc6)nc(-c6ccccc6)n5)ccc3n4-c3cccc4ccccc34)cccc21. The van der Waals surface area contributed by atoms with Gasteiger partial charge in [0.2, 0.25) is 0 Å². The van der Waals surface area contributed by atoms with Gasteiger partial charge in [0.25, 0.3) is 0 Å². The van der Waals surface area contributed by atoms with Crippen LogP contribution in [0.15, 0.2) is 182 Å². The Morgan fingerprint density at radius 3 is 1.62 bits per heavy atom. The van der Waals surface area contributed by atoms with Gasteiger partial charge < -0.3 is 4.57 Å². The Labute approximate surface area is 325 Å². The first-order chi connectivity index (χ1) is 27.5. The smallest absolute Gasteiger partial charge is 0.164 e. The van der Waals surface area contributed by atoms with Crippen LogP contribution in [-0.4, -0.2) is 19.5 Å². The predicted octanol–water partition coefficient (Wildman–Crippen LogP) is 13.1. The molecule has 0 radical (unpaired) electrons. The van der Waals surface area contributed by atoms with Crippen LogP contribution in [0.3, 0.4) is 0 Å². The summed E-state index contributed by atoms with van der Waals surface area (Å²) in [6.07, 6.45) is 0. The number of aromatic nitrogens is 4. The lowest BCUT2D eigenvalue weighted by atomic mass is 9.82. The molecule has 0 fully saturated rings. The van der Waals surface area contributed by atoms with Crippen LogP contribution in [0.4, 0.5) is 0 Å². The second kappa shape index (κ2) is 12.4. The third-order valence-electron chi connectivity index (χ3n) is 11.6. The minimum absolute atomic E-state index is 0.0763. The zero-order valence-electron chi connectivity index (χ0n) is 31.1. The van der Waals surface area contributed by atoms with E-state index in [9.17, 15) is 0 Å². The van der Waals surface area contributed by atoms with Gasteiger partial charge >= 0.3 is 0 Å².